The highest BCUT2D eigenvalue weighted by Crippen LogP contribution is 2.27. The summed E-state index contributed by atoms with van der Waals surface area (Å²) in [4.78, 5) is 42.6. The minimum atomic E-state index is -0.283. The second-order valence-electron chi connectivity index (χ2n) is 7.06. The molecule has 1 fully saturated rings. The number of hydrogen-bond donors (Lipinski definition) is 3. The van der Waals surface area contributed by atoms with E-state index in [4.69, 9.17) is 0 Å². The quantitative estimate of drug-likeness (QED) is 0.623. The Morgan fingerprint density at radius 2 is 1.86 bits per heavy atom. The Balaban J connectivity index is 1.41. The third-order valence-electron chi connectivity index (χ3n) is 5.17. The highest BCUT2D eigenvalue weighted by atomic mass is 16.2. The molecule has 1 aliphatic rings. The average molecular weight is 381 g/mol. The highest BCUT2D eigenvalue weighted by molar-refractivity contribution is 6.02. The summed E-state index contributed by atoms with van der Waals surface area (Å²) in [5, 5.41) is 2.99. The first kappa shape index (κ1) is 18.2. The van der Waals surface area contributed by atoms with Crippen LogP contribution in [0, 0.1) is 13.8 Å². The molecular formula is C19H23N7O2. The number of rotatable bonds is 4. The van der Waals surface area contributed by atoms with Crippen LogP contribution in [0.2, 0.25) is 0 Å². The maximum atomic E-state index is 12.7. The molecule has 0 unspecified atom stereocenters. The van der Waals surface area contributed by atoms with E-state index < -0.39 is 0 Å². The first-order valence-electron chi connectivity index (χ1n) is 9.27. The Hall–Kier alpha value is -3.20. The topological polar surface area (TPSA) is 110 Å². The summed E-state index contributed by atoms with van der Waals surface area (Å²) in [5.74, 6) is 0.627. The summed E-state index contributed by atoms with van der Waals surface area (Å²) in [6, 6.07) is 3.70. The molecule has 28 heavy (non-hydrogen) atoms. The number of nitrogens with zero attached hydrogens (tertiary/aromatic N) is 4. The monoisotopic (exact) mass is 381 g/mol. The molecule has 0 bridgehead atoms. The molecule has 3 N–H and O–H groups in total. The summed E-state index contributed by atoms with van der Waals surface area (Å²) in [5.41, 5.74) is 3.66. The SMILES string of the molecule is Cc1cc2[nH]c(=O)[nH]c2c(NC(=O)CN2CCN(c3ncccn3)CC2)c1C. The standard InChI is InChI=1S/C19H23N7O2/c1-12-10-14-17(24-19(28)22-14)16(13(12)2)23-15(27)11-25-6-8-26(9-7-25)18-20-4-3-5-21-18/h3-5,10H,6-9,11H2,1-2H3,(H,23,27)(H2,22,24,28). The molecule has 1 aliphatic heterocycles. The van der Waals surface area contributed by atoms with Gasteiger partial charge in [0.05, 0.1) is 23.3 Å². The first-order valence-corrected chi connectivity index (χ1v) is 9.27. The van der Waals surface area contributed by atoms with Crippen LogP contribution in [0.15, 0.2) is 29.3 Å². The molecule has 0 saturated carbocycles. The lowest BCUT2D eigenvalue weighted by molar-refractivity contribution is -0.117. The minimum absolute atomic E-state index is 0.0959. The molecule has 9 heteroatoms. The molecule has 1 aromatic carbocycles. The van der Waals surface area contributed by atoms with Gasteiger partial charge in [0.25, 0.3) is 0 Å². The predicted molar refractivity (Wildman–Crippen MR) is 108 cm³/mol. The number of amides is 1. The fourth-order valence-corrected chi connectivity index (χ4v) is 3.51. The summed E-state index contributed by atoms with van der Waals surface area (Å²) < 4.78 is 0. The predicted octanol–water partition coefficient (Wildman–Crippen LogP) is 1.02. The number of carbonyl (C=O) groups is 1. The van der Waals surface area contributed by atoms with Gasteiger partial charge in [0, 0.05) is 38.6 Å². The van der Waals surface area contributed by atoms with Gasteiger partial charge in [-0.3, -0.25) is 9.69 Å². The van der Waals surface area contributed by atoms with Gasteiger partial charge in [-0.2, -0.15) is 0 Å². The molecular weight excluding hydrogens is 358 g/mol. The lowest BCUT2D eigenvalue weighted by Crippen LogP contribution is -2.49. The third kappa shape index (κ3) is 3.61. The van der Waals surface area contributed by atoms with Crippen molar-refractivity contribution in [3.8, 4) is 0 Å². The number of piperazine rings is 1. The lowest BCUT2D eigenvalue weighted by Gasteiger charge is -2.34. The zero-order valence-electron chi connectivity index (χ0n) is 16.0. The van der Waals surface area contributed by atoms with Crippen molar-refractivity contribution < 1.29 is 4.79 Å². The van der Waals surface area contributed by atoms with Crippen LogP contribution in [0.25, 0.3) is 11.0 Å². The van der Waals surface area contributed by atoms with Gasteiger partial charge in [-0.1, -0.05) is 0 Å². The van der Waals surface area contributed by atoms with Gasteiger partial charge >= 0.3 is 5.69 Å². The van der Waals surface area contributed by atoms with Crippen molar-refractivity contribution in [3.05, 3.63) is 46.1 Å². The molecule has 0 aliphatic carbocycles. The van der Waals surface area contributed by atoms with Crippen LogP contribution in [0.3, 0.4) is 0 Å². The number of hydrogen-bond acceptors (Lipinski definition) is 6. The number of aryl methyl sites for hydroxylation is 1. The van der Waals surface area contributed by atoms with Crippen molar-refractivity contribution in [2.45, 2.75) is 13.8 Å². The molecule has 4 rings (SSSR count). The average Bonchev–Trinajstić information content (AvgIpc) is 3.06. The van der Waals surface area contributed by atoms with E-state index in [0.29, 0.717) is 23.3 Å². The second-order valence-corrected chi connectivity index (χ2v) is 7.06. The number of carbonyl (C=O) groups excluding carboxylic acids is 1. The maximum absolute atomic E-state index is 12.7. The van der Waals surface area contributed by atoms with Crippen LogP contribution in [-0.2, 0) is 4.79 Å². The maximum Gasteiger partial charge on any atom is 0.323 e. The Bertz CT molecular complexity index is 1050. The van der Waals surface area contributed by atoms with Crippen molar-refractivity contribution in [1.82, 2.24) is 24.8 Å². The van der Waals surface area contributed by atoms with E-state index in [9.17, 15) is 9.59 Å². The normalized spacial score (nSPS) is 15.1. The molecule has 1 amide bonds. The summed E-state index contributed by atoms with van der Waals surface area (Å²) in [6.45, 7) is 7.26. The Kier molecular flexibility index (Phi) is 4.82. The Morgan fingerprint density at radius 3 is 2.57 bits per heavy atom. The summed E-state index contributed by atoms with van der Waals surface area (Å²) in [7, 11) is 0. The molecule has 3 heterocycles. The molecule has 9 nitrogen and oxygen atoms in total. The Labute approximate surface area is 161 Å². The van der Waals surface area contributed by atoms with E-state index in [1.165, 1.54) is 0 Å². The van der Waals surface area contributed by atoms with E-state index in [0.717, 1.165) is 43.3 Å². The second kappa shape index (κ2) is 7.43. The molecule has 0 radical (unpaired) electrons. The van der Waals surface area contributed by atoms with Crippen LogP contribution in [-0.4, -0.2) is 63.5 Å². The van der Waals surface area contributed by atoms with Crippen molar-refractivity contribution >= 4 is 28.6 Å². The van der Waals surface area contributed by atoms with Crippen LogP contribution < -0.4 is 15.9 Å². The van der Waals surface area contributed by atoms with Crippen molar-refractivity contribution in [2.24, 2.45) is 0 Å². The van der Waals surface area contributed by atoms with Gasteiger partial charge in [-0.15, -0.1) is 0 Å². The number of aromatic nitrogens is 4. The van der Waals surface area contributed by atoms with E-state index in [-0.39, 0.29) is 11.6 Å². The zero-order valence-corrected chi connectivity index (χ0v) is 16.0. The van der Waals surface area contributed by atoms with E-state index in [1.54, 1.807) is 18.5 Å². The number of aromatic amines is 2. The van der Waals surface area contributed by atoms with E-state index in [2.05, 4.69) is 35.1 Å². The molecule has 2 aromatic heterocycles. The number of H-pyrrole nitrogens is 2. The number of benzene rings is 1. The number of imidazole rings is 1. The number of fused-ring (bicyclic) bond motifs is 1. The fraction of sp³-hybridized carbons (Fsp3) is 0.368. The minimum Gasteiger partial charge on any atom is -0.338 e. The smallest absolute Gasteiger partial charge is 0.323 e. The van der Waals surface area contributed by atoms with Gasteiger partial charge in [-0.05, 0) is 37.1 Å². The summed E-state index contributed by atoms with van der Waals surface area (Å²) in [6.07, 6.45) is 3.47. The van der Waals surface area contributed by atoms with Crippen molar-refractivity contribution in [1.29, 1.82) is 0 Å². The lowest BCUT2D eigenvalue weighted by atomic mass is 10.1. The van der Waals surface area contributed by atoms with Gasteiger partial charge in [0.1, 0.15) is 0 Å². The van der Waals surface area contributed by atoms with Crippen LogP contribution in [0.1, 0.15) is 11.1 Å². The van der Waals surface area contributed by atoms with Crippen LogP contribution in [0.5, 0.6) is 0 Å². The van der Waals surface area contributed by atoms with Gasteiger partial charge in [0.2, 0.25) is 11.9 Å². The number of anilines is 2. The molecule has 0 spiro atoms. The van der Waals surface area contributed by atoms with Crippen molar-refractivity contribution in [3.63, 3.8) is 0 Å². The highest BCUT2D eigenvalue weighted by Gasteiger charge is 2.21. The zero-order chi connectivity index (χ0) is 19.7. The van der Waals surface area contributed by atoms with E-state index >= 15 is 0 Å². The van der Waals surface area contributed by atoms with Crippen LogP contribution >= 0.6 is 0 Å². The third-order valence-corrected chi connectivity index (χ3v) is 5.17. The number of nitrogens with one attached hydrogen (secondary N) is 3. The van der Waals surface area contributed by atoms with Crippen molar-refractivity contribution in [2.75, 3.05) is 42.9 Å². The van der Waals surface area contributed by atoms with Gasteiger partial charge in [0.15, 0.2) is 0 Å². The largest absolute Gasteiger partial charge is 0.338 e. The molecule has 3 aromatic rings. The fourth-order valence-electron chi connectivity index (χ4n) is 3.51. The molecule has 1 saturated heterocycles. The molecule has 146 valence electrons. The van der Waals surface area contributed by atoms with Crippen LogP contribution in [0.4, 0.5) is 11.6 Å². The first-order chi connectivity index (χ1) is 13.5. The van der Waals surface area contributed by atoms with Gasteiger partial charge < -0.3 is 20.2 Å². The Morgan fingerprint density at radius 1 is 1.14 bits per heavy atom. The molecule has 0 atom stereocenters. The van der Waals surface area contributed by atoms with E-state index in [1.807, 2.05) is 19.9 Å². The summed E-state index contributed by atoms with van der Waals surface area (Å²) >= 11 is 0. The van der Waals surface area contributed by atoms with Gasteiger partial charge in [-0.25, -0.2) is 14.8 Å².